The van der Waals surface area contributed by atoms with Crippen LogP contribution in [0, 0.1) is 0 Å². The van der Waals surface area contributed by atoms with E-state index in [9.17, 15) is 4.79 Å². The summed E-state index contributed by atoms with van der Waals surface area (Å²) in [6.45, 7) is 4.44. The standard InChI is InChI=1S/C15H23N5O/c16-12-4-5-14(18-11-12)20-9-7-19(8-10-20)13-3-1-2-6-17-15(13)21/h4-5,11,13H,1-3,6-10,16H2,(H,17,21). The second kappa shape index (κ2) is 6.30. The molecule has 114 valence electrons. The van der Waals surface area contributed by atoms with Crippen LogP contribution in [0.1, 0.15) is 19.3 Å². The molecular weight excluding hydrogens is 266 g/mol. The van der Waals surface area contributed by atoms with Gasteiger partial charge in [0.25, 0.3) is 0 Å². The first-order valence-corrected chi connectivity index (χ1v) is 7.72. The van der Waals surface area contributed by atoms with Crippen LogP contribution in [0.4, 0.5) is 11.5 Å². The lowest BCUT2D eigenvalue weighted by atomic mass is 10.1. The summed E-state index contributed by atoms with van der Waals surface area (Å²) in [5.74, 6) is 1.17. The number of anilines is 2. The molecule has 1 amide bonds. The van der Waals surface area contributed by atoms with E-state index in [1.807, 2.05) is 12.1 Å². The first-order valence-electron chi connectivity index (χ1n) is 7.72. The second-order valence-electron chi connectivity index (χ2n) is 5.78. The summed E-state index contributed by atoms with van der Waals surface area (Å²) in [5, 5.41) is 3.02. The SMILES string of the molecule is Nc1ccc(N2CCN(C3CCCCNC3=O)CC2)nc1. The minimum atomic E-state index is 0.0500. The molecule has 6 nitrogen and oxygen atoms in total. The lowest BCUT2D eigenvalue weighted by molar-refractivity contribution is -0.126. The van der Waals surface area contributed by atoms with Crippen molar-refractivity contribution in [1.29, 1.82) is 0 Å². The fourth-order valence-electron chi connectivity index (χ4n) is 3.12. The number of hydrogen-bond acceptors (Lipinski definition) is 5. The van der Waals surface area contributed by atoms with Crippen molar-refractivity contribution < 1.29 is 4.79 Å². The maximum atomic E-state index is 12.1. The molecule has 0 aromatic carbocycles. The van der Waals surface area contributed by atoms with Gasteiger partial charge in [-0.15, -0.1) is 0 Å². The number of hydrogen-bond donors (Lipinski definition) is 2. The van der Waals surface area contributed by atoms with Crippen molar-refractivity contribution >= 4 is 17.4 Å². The van der Waals surface area contributed by atoms with Crippen molar-refractivity contribution in [1.82, 2.24) is 15.2 Å². The molecule has 1 aromatic rings. The van der Waals surface area contributed by atoms with Crippen molar-refractivity contribution in [3.8, 4) is 0 Å². The van der Waals surface area contributed by atoms with Gasteiger partial charge < -0.3 is 16.0 Å². The van der Waals surface area contributed by atoms with E-state index < -0.39 is 0 Å². The zero-order valence-corrected chi connectivity index (χ0v) is 12.3. The number of rotatable bonds is 2. The Balaban J connectivity index is 1.59. The summed E-state index contributed by atoms with van der Waals surface area (Å²) < 4.78 is 0. The van der Waals surface area contributed by atoms with Gasteiger partial charge in [-0.1, -0.05) is 0 Å². The molecule has 21 heavy (non-hydrogen) atoms. The van der Waals surface area contributed by atoms with Gasteiger partial charge in [-0.25, -0.2) is 4.98 Å². The highest BCUT2D eigenvalue weighted by Gasteiger charge is 2.29. The predicted molar refractivity (Wildman–Crippen MR) is 83.1 cm³/mol. The van der Waals surface area contributed by atoms with Gasteiger partial charge in [0.2, 0.25) is 5.91 Å². The predicted octanol–water partition coefficient (Wildman–Crippen LogP) is 0.454. The topological polar surface area (TPSA) is 74.5 Å². The van der Waals surface area contributed by atoms with Gasteiger partial charge in [0.15, 0.2) is 0 Å². The molecule has 2 aliphatic heterocycles. The van der Waals surface area contributed by atoms with Crippen LogP contribution in [-0.4, -0.2) is 54.6 Å². The summed E-state index contributed by atoms with van der Waals surface area (Å²) in [5.41, 5.74) is 6.36. The van der Waals surface area contributed by atoms with Crippen LogP contribution in [0.15, 0.2) is 18.3 Å². The molecule has 2 saturated heterocycles. The van der Waals surface area contributed by atoms with Gasteiger partial charge in [-0.3, -0.25) is 9.69 Å². The van der Waals surface area contributed by atoms with Crippen LogP contribution in [-0.2, 0) is 4.79 Å². The summed E-state index contributed by atoms with van der Waals surface area (Å²) in [4.78, 5) is 21.1. The maximum absolute atomic E-state index is 12.1. The van der Waals surface area contributed by atoms with Crippen molar-refractivity contribution in [3.05, 3.63) is 18.3 Å². The molecule has 1 atom stereocenters. The van der Waals surface area contributed by atoms with Crippen molar-refractivity contribution in [2.45, 2.75) is 25.3 Å². The molecule has 3 heterocycles. The Bertz CT molecular complexity index is 481. The van der Waals surface area contributed by atoms with E-state index in [4.69, 9.17) is 5.73 Å². The zero-order chi connectivity index (χ0) is 14.7. The lowest BCUT2D eigenvalue weighted by Crippen LogP contribution is -2.54. The van der Waals surface area contributed by atoms with E-state index in [1.165, 1.54) is 0 Å². The number of amides is 1. The summed E-state index contributed by atoms with van der Waals surface area (Å²) >= 11 is 0. The van der Waals surface area contributed by atoms with Gasteiger partial charge >= 0.3 is 0 Å². The third-order valence-electron chi connectivity index (χ3n) is 4.36. The number of aromatic nitrogens is 1. The number of pyridine rings is 1. The average Bonchev–Trinajstić information content (AvgIpc) is 2.73. The third-order valence-corrected chi connectivity index (χ3v) is 4.36. The molecule has 0 spiro atoms. The quantitative estimate of drug-likeness (QED) is 0.827. The van der Waals surface area contributed by atoms with Crippen molar-refractivity contribution in [3.63, 3.8) is 0 Å². The normalized spacial score (nSPS) is 24.5. The molecule has 2 fully saturated rings. The lowest BCUT2D eigenvalue weighted by Gasteiger charge is -2.38. The van der Waals surface area contributed by atoms with E-state index in [-0.39, 0.29) is 11.9 Å². The van der Waals surface area contributed by atoms with Gasteiger partial charge in [0.1, 0.15) is 5.82 Å². The number of nitrogens with zero attached hydrogens (tertiary/aromatic N) is 3. The smallest absolute Gasteiger partial charge is 0.237 e. The minimum Gasteiger partial charge on any atom is -0.397 e. The Morgan fingerprint density at radius 1 is 1.19 bits per heavy atom. The summed E-state index contributed by atoms with van der Waals surface area (Å²) in [7, 11) is 0. The van der Waals surface area contributed by atoms with Gasteiger partial charge in [-0.2, -0.15) is 0 Å². The third kappa shape index (κ3) is 3.26. The Hall–Kier alpha value is -1.82. The monoisotopic (exact) mass is 289 g/mol. The van der Waals surface area contributed by atoms with Gasteiger partial charge in [0, 0.05) is 32.7 Å². The van der Waals surface area contributed by atoms with Crippen LogP contribution in [0.2, 0.25) is 0 Å². The fraction of sp³-hybridized carbons (Fsp3) is 0.600. The molecule has 2 aliphatic rings. The Labute approximate surface area is 125 Å². The van der Waals surface area contributed by atoms with E-state index in [2.05, 4.69) is 20.1 Å². The molecule has 0 saturated carbocycles. The number of nitrogen functional groups attached to an aromatic ring is 1. The Kier molecular flexibility index (Phi) is 4.24. The summed E-state index contributed by atoms with van der Waals surface area (Å²) in [6.07, 6.45) is 4.90. The van der Waals surface area contributed by atoms with E-state index in [0.29, 0.717) is 5.69 Å². The molecule has 1 aromatic heterocycles. The molecule has 3 N–H and O–H groups in total. The molecule has 0 aliphatic carbocycles. The molecule has 6 heteroatoms. The number of piperazine rings is 1. The van der Waals surface area contributed by atoms with Crippen LogP contribution in [0.25, 0.3) is 0 Å². The van der Waals surface area contributed by atoms with Crippen LogP contribution in [0.5, 0.6) is 0 Å². The van der Waals surface area contributed by atoms with Gasteiger partial charge in [-0.05, 0) is 31.4 Å². The first-order chi connectivity index (χ1) is 10.2. The maximum Gasteiger partial charge on any atom is 0.237 e. The number of carbonyl (C=O) groups excluding carboxylic acids is 1. The zero-order valence-electron chi connectivity index (χ0n) is 12.3. The minimum absolute atomic E-state index is 0.0500. The highest BCUT2D eigenvalue weighted by atomic mass is 16.2. The fourth-order valence-corrected chi connectivity index (χ4v) is 3.12. The van der Waals surface area contributed by atoms with E-state index >= 15 is 0 Å². The molecule has 0 radical (unpaired) electrons. The van der Waals surface area contributed by atoms with Crippen LogP contribution < -0.4 is 16.0 Å². The second-order valence-corrected chi connectivity index (χ2v) is 5.78. The highest BCUT2D eigenvalue weighted by molar-refractivity contribution is 5.82. The highest BCUT2D eigenvalue weighted by Crippen LogP contribution is 2.18. The van der Waals surface area contributed by atoms with E-state index in [1.54, 1.807) is 6.20 Å². The van der Waals surface area contributed by atoms with Crippen molar-refractivity contribution in [2.75, 3.05) is 43.4 Å². The Morgan fingerprint density at radius 3 is 2.71 bits per heavy atom. The molecule has 0 bridgehead atoms. The van der Waals surface area contributed by atoms with Crippen molar-refractivity contribution in [2.24, 2.45) is 0 Å². The number of nitrogens with one attached hydrogen (secondary N) is 1. The van der Waals surface area contributed by atoms with Gasteiger partial charge in [0.05, 0.1) is 17.9 Å². The Morgan fingerprint density at radius 2 is 2.00 bits per heavy atom. The summed E-state index contributed by atoms with van der Waals surface area (Å²) in [6, 6.07) is 3.89. The van der Waals surface area contributed by atoms with Crippen LogP contribution in [0.3, 0.4) is 0 Å². The number of nitrogens with two attached hydrogens (primary N) is 1. The molecule has 1 unspecified atom stereocenters. The van der Waals surface area contributed by atoms with Crippen LogP contribution >= 0.6 is 0 Å². The molecular formula is C15H23N5O. The average molecular weight is 289 g/mol. The first kappa shape index (κ1) is 14.1. The number of carbonyl (C=O) groups is 1. The molecule has 3 rings (SSSR count). The largest absolute Gasteiger partial charge is 0.397 e. The van der Waals surface area contributed by atoms with E-state index in [0.717, 1.165) is 57.8 Å².